The SMILES string of the molecule is C=CC(=O)NCC1OC(O)C(O)C(O)C1O. The molecule has 0 saturated carbocycles. The van der Waals surface area contributed by atoms with Crippen molar-refractivity contribution in [3.8, 4) is 0 Å². The molecule has 16 heavy (non-hydrogen) atoms. The molecule has 0 aromatic rings. The molecule has 0 radical (unpaired) electrons. The molecule has 7 heteroatoms. The summed E-state index contributed by atoms with van der Waals surface area (Å²) in [5.41, 5.74) is 0. The van der Waals surface area contributed by atoms with Gasteiger partial charge >= 0.3 is 0 Å². The maximum Gasteiger partial charge on any atom is 0.243 e. The summed E-state index contributed by atoms with van der Waals surface area (Å²) < 4.78 is 4.82. The van der Waals surface area contributed by atoms with Gasteiger partial charge in [0.25, 0.3) is 0 Å². The fourth-order valence-corrected chi connectivity index (χ4v) is 1.37. The highest BCUT2D eigenvalue weighted by Gasteiger charge is 2.42. The Bertz CT molecular complexity index is 271. The predicted molar refractivity (Wildman–Crippen MR) is 52.1 cm³/mol. The summed E-state index contributed by atoms with van der Waals surface area (Å²) in [5, 5.41) is 39.5. The van der Waals surface area contributed by atoms with E-state index in [0.29, 0.717) is 0 Å². The highest BCUT2D eigenvalue weighted by molar-refractivity contribution is 5.86. The van der Waals surface area contributed by atoms with Crippen LogP contribution in [0.15, 0.2) is 12.7 Å². The number of aliphatic hydroxyl groups excluding tert-OH is 4. The number of ether oxygens (including phenoxy) is 1. The minimum absolute atomic E-state index is 0.104. The zero-order valence-corrected chi connectivity index (χ0v) is 8.48. The van der Waals surface area contributed by atoms with Crippen molar-refractivity contribution in [2.45, 2.75) is 30.7 Å². The molecular weight excluding hydrogens is 218 g/mol. The van der Waals surface area contributed by atoms with Gasteiger partial charge in [0.2, 0.25) is 5.91 Å². The number of carbonyl (C=O) groups is 1. The molecule has 0 aromatic heterocycles. The molecule has 1 heterocycles. The second-order valence-corrected chi connectivity index (χ2v) is 3.49. The van der Waals surface area contributed by atoms with Crippen molar-refractivity contribution in [3.05, 3.63) is 12.7 Å². The molecule has 1 aliphatic rings. The van der Waals surface area contributed by atoms with Gasteiger partial charge in [0.1, 0.15) is 24.4 Å². The molecule has 7 nitrogen and oxygen atoms in total. The Balaban J connectivity index is 2.53. The van der Waals surface area contributed by atoms with Crippen LogP contribution in [0.5, 0.6) is 0 Å². The van der Waals surface area contributed by atoms with E-state index in [0.717, 1.165) is 6.08 Å². The Morgan fingerprint density at radius 1 is 1.25 bits per heavy atom. The lowest BCUT2D eigenvalue weighted by atomic mass is 9.99. The summed E-state index contributed by atoms with van der Waals surface area (Å²) in [7, 11) is 0. The summed E-state index contributed by atoms with van der Waals surface area (Å²) in [6, 6.07) is 0. The number of rotatable bonds is 3. The van der Waals surface area contributed by atoms with Crippen molar-refractivity contribution >= 4 is 5.91 Å². The van der Waals surface area contributed by atoms with E-state index in [9.17, 15) is 20.1 Å². The molecule has 1 aliphatic heterocycles. The van der Waals surface area contributed by atoms with Crippen molar-refractivity contribution in [3.63, 3.8) is 0 Å². The zero-order chi connectivity index (χ0) is 12.3. The third-order valence-electron chi connectivity index (χ3n) is 2.35. The Morgan fingerprint density at radius 2 is 1.88 bits per heavy atom. The third kappa shape index (κ3) is 2.77. The van der Waals surface area contributed by atoms with Crippen LogP contribution in [0.1, 0.15) is 0 Å². The van der Waals surface area contributed by atoms with E-state index in [1.807, 2.05) is 0 Å². The van der Waals surface area contributed by atoms with Gasteiger partial charge in [-0.2, -0.15) is 0 Å². The number of aliphatic hydroxyl groups is 4. The van der Waals surface area contributed by atoms with Gasteiger partial charge in [-0.1, -0.05) is 6.58 Å². The Hall–Kier alpha value is -0.990. The third-order valence-corrected chi connectivity index (χ3v) is 2.35. The summed E-state index contributed by atoms with van der Waals surface area (Å²) in [6.07, 6.45) is -6.02. The van der Waals surface area contributed by atoms with Gasteiger partial charge in [-0.25, -0.2) is 0 Å². The summed E-state index contributed by atoms with van der Waals surface area (Å²) in [4.78, 5) is 10.8. The lowest BCUT2D eigenvalue weighted by Crippen LogP contribution is -2.59. The van der Waals surface area contributed by atoms with Gasteiger partial charge < -0.3 is 30.5 Å². The zero-order valence-electron chi connectivity index (χ0n) is 8.48. The van der Waals surface area contributed by atoms with Crippen molar-refractivity contribution in [1.82, 2.24) is 5.32 Å². The quantitative estimate of drug-likeness (QED) is 0.333. The van der Waals surface area contributed by atoms with Gasteiger partial charge in [-0.15, -0.1) is 0 Å². The normalized spacial score (nSPS) is 39.1. The van der Waals surface area contributed by atoms with E-state index in [-0.39, 0.29) is 6.54 Å². The molecule has 0 spiro atoms. The fourth-order valence-electron chi connectivity index (χ4n) is 1.37. The minimum atomic E-state index is -1.59. The van der Waals surface area contributed by atoms with Crippen LogP contribution in [0.25, 0.3) is 0 Å². The topological polar surface area (TPSA) is 119 Å². The Morgan fingerprint density at radius 3 is 2.44 bits per heavy atom. The van der Waals surface area contributed by atoms with Crippen LogP contribution < -0.4 is 5.32 Å². The molecule has 5 N–H and O–H groups in total. The van der Waals surface area contributed by atoms with Crippen molar-refractivity contribution in [1.29, 1.82) is 0 Å². The van der Waals surface area contributed by atoms with Gasteiger partial charge in [-0.05, 0) is 6.08 Å². The monoisotopic (exact) mass is 233 g/mol. The first-order valence-electron chi connectivity index (χ1n) is 4.75. The molecule has 5 unspecified atom stereocenters. The van der Waals surface area contributed by atoms with E-state index < -0.39 is 36.6 Å². The van der Waals surface area contributed by atoms with Crippen LogP contribution in [0, 0.1) is 0 Å². The Kier molecular flexibility index (Phi) is 4.39. The van der Waals surface area contributed by atoms with Gasteiger partial charge in [0.05, 0.1) is 0 Å². The van der Waals surface area contributed by atoms with Crippen molar-refractivity contribution in [2.75, 3.05) is 6.54 Å². The maximum absolute atomic E-state index is 10.8. The lowest BCUT2D eigenvalue weighted by Gasteiger charge is -2.38. The number of hydrogen-bond donors (Lipinski definition) is 5. The van der Waals surface area contributed by atoms with Gasteiger partial charge in [0, 0.05) is 6.54 Å². The van der Waals surface area contributed by atoms with E-state index in [2.05, 4.69) is 11.9 Å². The number of carbonyl (C=O) groups excluding carboxylic acids is 1. The highest BCUT2D eigenvalue weighted by atomic mass is 16.6. The standard InChI is InChI=1S/C9H15NO6/c1-2-5(11)10-3-4-6(12)7(13)8(14)9(15)16-4/h2,4,6-9,12-15H,1,3H2,(H,10,11). The van der Waals surface area contributed by atoms with Crippen molar-refractivity contribution < 1.29 is 30.0 Å². The van der Waals surface area contributed by atoms with Crippen LogP contribution in [-0.2, 0) is 9.53 Å². The average molecular weight is 233 g/mol. The van der Waals surface area contributed by atoms with E-state index in [4.69, 9.17) is 9.84 Å². The molecule has 0 aliphatic carbocycles. The molecule has 5 atom stereocenters. The highest BCUT2D eigenvalue weighted by Crippen LogP contribution is 2.19. The summed E-state index contributed by atoms with van der Waals surface area (Å²) >= 11 is 0. The number of nitrogens with one attached hydrogen (secondary N) is 1. The second kappa shape index (κ2) is 5.37. The summed E-state index contributed by atoms with van der Waals surface area (Å²) in [5.74, 6) is -0.467. The fraction of sp³-hybridized carbons (Fsp3) is 0.667. The van der Waals surface area contributed by atoms with E-state index >= 15 is 0 Å². The van der Waals surface area contributed by atoms with E-state index in [1.165, 1.54) is 0 Å². The van der Waals surface area contributed by atoms with Crippen molar-refractivity contribution in [2.24, 2.45) is 0 Å². The second-order valence-electron chi connectivity index (χ2n) is 3.49. The predicted octanol–water partition coefficient (Wildman–Crippen LogP) is -2.91. The lowest BCUT2D eigenvalue weighted by molar-refractivity contribution is -0.280. The minimum Gasteiger partial charge on any atom is -0.388 e. The van der Waals surface area contributed by atoms with Crippen LogP contribution >= 0.6 is 0 Å². The average Bonchev–Trinajstić information content (AvgIpc) is 2.28. The number of amides is 1. The van der Waals surface area contributed by atoms with Crippen LogP contribution in [0.3, 0.4) is 0 Å². The first-order chi connectivity index (χ1) is 7.47. The largest absolute Gasteiger partial charge is 0.388 e. The molecular formula is C9H15NO6. The molecule has 0 bridgehead atoms. The maximum atomic E-state index is 10.8. The molecule has 1 amide bonds. The molecule has 1 fully saturated rings. The first kappa shape index (κ1) is 13.1. The van der Waals surface area contributed by atoms with Gasteiger partial charge in [0.15, 0.2) is 6.29 Å². The van der Waals surface area contributed by atoms with Gasteiger partial charge in [-0.3, -0.25) is 4.79 Å². The van der Waals surface area contributed by atoms with Crippen LogP contribution in [0.4, 0.5) is 0 Å². The molecule has 1 rings (SSSR count). The smallest absolute Gasteiger partial charge is 0.243 e. The number of hydrogen-bond acceptors (Lipinski definition) is 6. The Labute approximate surface area is 92.0 Å². The molecule has 0 aromatic carbocycles. The summed E-state index contributed by atoms with van der Waals surface area (Å²) in [6.45, 7) is 3.13. The van der Waals surface area contributed by atoms with Crippen LogP contribution in [0.2, 0.25) is 0 Å². The molecule has 1 saturated heterocycles. The molecule has 92 valence electrons. The van der Waals surface area contributed by atoms with E-state index in [1.54, 1.807) is 0 Å². The first-order valence-corrected chi connectivity index (χ1v) is 4.75. The van der Waals surface area contributed by atoms with Crippen LogP contribution in [-0.4, -0.2) is 63.6 Å².